The van der Waals surface area contributed by atoms with E-state index in [9.17, 15) is 4.79 Å². The van der Waals surface area contributed by atoms with Gasteiger partial charge in [0.15, 0.2) is 16.6 Å². The second kappa shape index (κ2) is 13.6. The lowest BCUT2D eigenvalue weighted by Gasteiger charge is -2.40. The Morgan fingerprint density at radius 2 is 1.65 bits per heavy atom. The Bertz CT molecular complexity index is 882. The van der Waals surface area contributed by atoms with E-state index >= 15 is 0 Å². The Hall–Kier alpha value is -0.896. The first-order chi connectivity index (χ1) is 18.2. The van der Waals surface area contributed by atoms with Crippen LogP contribution in [0.4, 0.5) is 4.79 Å². The third-order valence-corrected chi connectivity index (χ3v) is 19.4. The molecule has 0 amide bonds. The number of carbonyl (C=O) groups excluding carboxylic acids is 1. The molecule has 0 N–H and O–H groups in total. The molecule has 0 aromatic carbocycles. The largest absolute Gasteiger partial charge is 0.508 e. The van der Waals surface area contributed by atoms with Crippen LogP contribution >= 0.6 is 0 Å². The molecule has 0 aliphatic heterocycles. The van der Waals surface area contributed by atoms with Crippen molar-refractivity contribution in [3.05, 3.63) is 24.3 Å². The minimum absolute atomic E-state index is 0.0899. The number of carbonyl (C=O) groups is 1. The van der Waals surface area contributed by atoms with Gasteiger partial charge in [-0.05, 0) is 72.9 Å². The molecule has 5 nitrogen and oxygen atoms in total. The van der Waals surface area contributed by atoms with Crippen molar-refractivity contribution in [2.75, 3.05) is 7.11 Å². The van der Waals surface area contributed by atoms with E-state index in [4.69, 9.17) is 18.3 Å². The maximum absolute atomic E-state index is 12.1. The number of hydrogen-bond acceptors (Lipinski definition) is 5. The fourth-order valence-electron chi connectivity index (χ4n) is 5.83. The van der Waals surface area contributed by atoms with E-state index in [1.807, 2.05) is 0 Å². The minimum atomic E-state index is -2.01. The van der Waals surface area contributed by atoms with Crippen molar-refractivity contribution in [2.24, 2.45) is 23.7 Å². The van der Waals surface area contributed by atoms with Gasteiger partial charge in [0.2, 0.25) is 0 Å². The predicted molar refractivity (Wildman–Crippen MR) is 173 cm³/mol. The SMILES string of the molecule is C=C1C[C@@H]2[C@H](/C=C/[C@H](CC(C)CCCC)O[Si](C)(C)C(C)(C)C)[C@H](O[Si](C)(C)C(C)(C)C)C[C@@H]2C1OC(=O)OC. The summed E-state index contributed by atoms with van der Waals surface area (Å²) >= 11 is 0. The van der Waals surface area contributed by atoms with Crippen LogP contribution in [0.1, 0.15) is 93.9 Å². The lowest BCUT2D eigenvalue weighted by Crippen LogP contribution is -2.45. The van der Waals surface area contributed by atoms with E-state index in [0.29, 0.717) is 11.8 Å². The van der Waals surface area contributed by atoms with Crippen molar-refractivity contribution in [1.82, 2.24) is 0 Å². The van der Waals surface area contributed by atoms with Crippen molar-refractivity contribution in [3.63, 3.8) is 0 Å². The Balaban J connectivity index is 2.42. The summed E-state index contributed by atoms with van der Waals surface area (Å²) in [7, 11) is -2.60. The van der Waals surface area contributed by atoms with E-state index in [1.165, 1.54) is 26.4 Å². The average Bonchev–Trinajstić information content (AvgIpc) is 3.28. The van der Waals surface area contributed by atoms with Crippen LogP contribution in [0.2, 0.25) is 36.3 Å². The molecule has 2 unspecified atom stereocenters. The lowest BCUT2D eigenvalue weighted by atomic mass is 9.89. The lowest BCUT2D eigenvalue weighted by molar-refractivity contribution is 0.0306. The zero-order valence-electron chi connectivity index (χ0n) is 28.2. The fourth-order valence-corrected chi connectivity index (χ4v) is 8.48. The summed E-state index contributed by atoms with van der Waals surface area (Å²) in [6, 6.07) is 0. The highest BCUT2D eigenvalue weighted by Crippen LogP contribution is 2.54. The third-order valence-electron chi connectivity index (χ3n) is 10.4. The van der Waals surface area contributed by atoms with Gasteiger partial charge >= 0.3 is 6.16 Å². The predicted octanol–water partition coefficient (Wildman–Crippen LogP) is 9.90. The van der Waals surface area contributed by atoms with Gasteiger partial charge in [-0.15, -0.1) is 0 Å². The molecule has 2 aliphatic rings. The normalized spacial score (nSPS) is 27.6. The zero-order valence-corrected chi connectivity index (χ0v) is 30.2. The van der Waals surface area contributed by atoms with Crippen LogP contribution in [0.3, 0.4) is 0 Å². The van der Waals surface area contributed by atoms with Crippen molar-refractivity contribution in [3.8, 4) is 0 Å². The van der Waals surface area contributed by atoms with E-state index in [1.54, 1.807) is 0 Å². The summed E-state index contributed by atoms with van der Waals surface area (Å²) in [5.41, 5.74) is 0.992. The Morgan fingerprint density at radius 3 is 2.17 bits per heavy atom. The number of fused-ring (bicyclic) bond motifs is 1. The van der Waals surface area contributed by atoms with Gasteiger partial charge in [-0.2, -0.15) is 0 Å². The van der Waals surface area contributed by atoms with Gasteiger partial charge in [0.05, 0.1) is 19.3 Å². The minimum Gasteiger partial charge on any atom is -0.438 e. The first-order valence-electron chi connectivity index (χ1n) is 15.7. The fraction of sp³-hybridized carbons (Fsp3) is 0.848. The maximum Gasteiger partial charge on any atom is 0.508 e. The molecule has 0 aromatic rings. The molecule has 0 saturated heterocycles. The second-order valence-electron chi connectivity index (χ2n) is 15.7. The summed E-state index contributed by atoms with van der Waals surface area (Å²) in [5, 5.41) is 0.271. The number of ether oxygens (including phenoxy) is 2. The molecule has 0 heterocycles. The molecular formula is C33H62O5Si2. The smallest absolute Gasteiger partial charge is 0.438 e. The van der Waals surface area contributed by atoms with Crippen LogP contribution in [0.15, 0.2) is 24.3 Å². The summed E-state index contributed by atoms with van der Waals surface area (Å²) in [4.78, 5) is 12.1. The quantitative estimate of drug-likeness (QED) is 0.128. The summed E-state index contributed by atoms with van der Waals surface area (Å²) in [6.45, 7) is 32.2. The van der Waals surface area contributed by atoms with Gasteiger partial charge in [-0.25, -0.2) is 4.79 Å². The van der Waals surface area contributed by atoms with Crippen LogP contribution in [-0.4, -0.2) is 48.2 Å². The summed E-state index contributed by atoms with van der Waals surface area (Å²) < 4.78 is 24.7. The molecule has 0 bridgehead atoms. The third kappa shape index (κ3) is 8.81. The Morgan fingerprint density at radius 1 is 1.05 bits per heavy atom. The monoisotopic (exact) mass is 594 g/mol. The molecule has 40 heavy (non-hydrogen) atoms. The molecule has 0 spiro atoms. The van der Waals surface area contributed by atoms with Crippen LogP contribution in [-0.2, 0) is 18.3 Å². The first kappa shape index (κ1) is 35.3. The highest BCUT2D eigenvalue weighted by atomic mass is 28.4. The van der Waals surface area contributed by atoms with E-state index in [-0.39, 0.29) is 40.2 Å². The van der Waals surface area contributed by atoms with Crippen LogP contribution in [0.25, 0.3) is 0 Å². The molecule has 2 aliphatic carbocycles. The van der Waals surface area contributed by atoms with Gasteiger partial charge in [-0.3, -0.25) is 0 Å². The number of rotatable bonds is 12. The topological polar surface area (TPSA) is 54.0 Å². The van der Waals surface area contributed by atoms with Crippen LogP contribution in [0, 0.1) is 23.7 Å². The molecule has 2 fully saturated rings. The molecule has 2 rings (SSSR count). The molecular weight excluding hydrogens is 533 g/mol. The van der Waals surface area contributed by atoms with Crippen molar-refractivity contribution in [2.45, 2.75) is 148 Å². The molecule has 0 radical (unpaired) electrons. The summed E-state index contributed by atoms with van der Waals surface area (Å²) in [6.07, 6.45) is 10.5. The molecule has 2 saturated carbocycles. The highest BCUT2D eigenvalue weighted by Gasteiger charge is 2.54. The maximum atomic E-state index is 12.1. The van der Waals surface area contributed by atoms with Gasteiger partial charge in [0.25, 0.3) is 0 Å². The van der Waals surface area contributed by atoms with Crippen molar-refractivity contribution >= 4 is 22.8 Å². The Kier molecular flexibility index (Phi) is 12.0. The average molecular weight is 595 g/mol. The van der Waals surface area contributed by atoms with Gasteiger partial charge in [0, 0.05) is 11.8 Å². The van der Waals surface area contributed by atoms with Crippen LogP contribution < -0.4 is 0 Å². The number of methoxy groups -OCH3 is 1. The number of hydrogen-bond donors (Lipinski definition) is 0. The molecule has 7 heteroatoms. The Labute approximate surface area is 249 Å². The van der Waals surface area contributed by atoms with E-state index in [0.717, 1.165) is 24.8 Å². The van der Waals surface area contributed by atoms with E-state index in [2.05, 4.69) is 100 Å². The van der Waals surface area contributed by atoms with Crippen molar-refractivity contribution in [1.29, 1.82) is 0 Å². The van der Waals surface area contributed by atoms with Gasteiger partial charge in [0.1, 0.15) is 6.10 Å². The highest BCUT2D eigenvalue weighted by molar-refractivity contribution is 6.74. The first-order valence-corrected chi connectivity index (χ1v) is 21.5. The molecule has 0 aromatic heterocycles. The van der Waals surface area contributed by atoms with Crippen molar-refractivity contribution < 1.29 is 23.1 Å². The van der Waals surface area contributed by atoms with E-state index < -0.39 is 22.8 Å². The molecule has 232 valence electrons. The standard InChI is InChI=1S/C33H62O5Si2/c1-15-16-17-23(2)20-25(37-39(11,12)32(4,5)6)18-19-26-27-21-24(3)30(36-31(34)35-10)28(27)22-29(26)38-40(13,14)33(7,8)9/h18-19,23,25-30H,3,15-17,20-22H2,1-2,4-14H3/b19-18+/t23?,25-,26+,27-,28+,29-,30?/m1/s1. The molecule has 7 atom stereocenters. The van der Waals surface area contributed by atoms with Crippen LogP contribution in [0.5, 0.6) is 0 Å². The van der Waals surface area contributed by atoms with Gasteiger partial charge in [-0.1, -0.05) is 93.4 Å². The van der Waals surface area contributed by atoms with Gasteiger partial charge < -0.3 is 18.3 Å². The summed E-state index contributed by atoms with van der Waals surface area (Å²) in [5.74, 6) is 1.37. The number of unbranched alkanes of at least 4 members (excludes halogenated alkanes) is 1. The zero-order chi connectivity index (χ0) is 30.7. The second-order valence-corrected chi connectivity index (χ2v) is 25.2.